The smallest absolute Gasteiger partial charge is 0.0228 e. The van der Waals surface area contributed by atoms with Crippen molar-refractivity contribution in [2.45, 2.75) is 77.7 Å². The molecule has 0 radical (unpaired) electrons. The van der Waals surface area contributed by atoms with E-state index >= 15 is 0 Å². The highest BCUT2D eigenvalue weighted by Crippen LogP contribution is 2.67. The summed E-state index contributed by atoms with van der Waals surface area (Å²) < 4.78 is 0. The van der Waals surface area contributed by atoms with E-state index in [-0.39, 0.29) is 16.4 Å². The van der Waals surface area contributed by atoms with Gasteiger partial charge in [0.15, 0.2) is 0 Å². The quantitative estimate of drug-likeness (QED) is 0.636. The second kappa shape index (κ2) is 5.06. The van der Waals surface area contributed by atoms with Gasteiger partial charge in [-0.15, -0.1) is 0 Å². The molecule has 0 aromatic carbocycles. The molecule has 3 fully saturated rings. The Kier molecular flexibility index (Phi) is 3.50. The number of hydrogen-bond donors (Lipinski definition) is 2. The highest BCUT2D eigenvalue weighted by molar-refractivity contribution is 5.82. The van der Waals surface area contributed by atoms with Gasteiger partial charge < -0.3 is 11.1 Å². The Morgan fingerprint density at radius 1 is 1.12 bits per heavy atom. The lowest BCUT2D eigenvalue weighted by Gasteiger charge is -2.63. The molecule has 2 heteroatoms. The molecule has 6 atom stereocenters. The van der Waals surface area contributed by atoms with Crippen molar-refractivity contribution in [3.05, 3.63) is 23.8 Å². The first-order valence-corrected chi connectivity index (χ1v) is 9.94. The summed E-state index contributed by atoms with van der Waals surface area (Å²) in [5, 5.41) is 8.28. The lowest BCUT2D eigenvalue weighted by Crippen LogP contribution is -2.66. The molecule has 0 aliphatic heterocycles. The first-order valence-electron chi connectivity index (χ1n) is 9.94. The van der Waals surface area contributed by atoms with Gasteiger partial charge in [-0.2, -0.15) is 0 Å². The van der Waals surface area contributed by atoms with Crippen LogP contribution in [0.1, 0.15) is 72.1 Å². The van der Waals surface area contributed by atoms with Gasteiger partial charge in [0.25, 0.3) is 0 Å². The van der Waals surface area contributed by atoms with Gasteiger partial charge in [-0.3, -0.25) is 0 Å². The van der Waals surface area contributed by atoms with Crippen LogP contribution in [0.3, 0.4) is 0 Å². The van der Waals surface area contributed by atoms with Gasteiger partial charge in [-0.25, -0.2) is 0 Å². The molecule has 3 saturated carbocycles. The second-order valence-corrected chi connectivity index (χ2v) is 9.82. The lowest BCUT2D eigenvalue weighted by atomic mass is 9.43. The fourth-order valence-corrected chi connectivity index (χ4v) is 7.58. The zero-order valence-electron chi connectivity index (χ0n) is 15.8. The molecule has 0 amide bonds. The first-order chi connectivity index (χ1) is 11.2. The topological polar surface area (TPSA) is 49.9 Å². The number of rotatable bonds is 1. The van der Waals surface area contributed by atoms with Gasteiger partial charge in [0.1, 0.15) is 0 Å². The molecule has 0 aromatic heterocycles. The van der Waals surface area contributed by atoms with Gasteiger partial charge in [-0.1, -0.05) is 37.6 Å². The van der Waals surface area contributed by atoms with Crippen LogP contribution < -0.4 is 5.73 Å². The van der Waals surface area contributed by atoms with E-state index in [4.69, 9.17) is 11.1 Å². The first kappa shape index (κ1) is 16.6. The molecule has 0 spiro atoms. The zero-order valence-corrected chi connectivity index (χ0v) is 15.8. The molecule has 4 aliphatic carbocycles. The minimum absolute atomic E-state index is 0.0258. The largest absolute Gasteiger partial charge is 0.325 e. The number of allylic oxidation sites excluding steroid dienone is 3. The van der Waals surface area contributed by atoms with Crippen LogP contribution in [0, 0.1) is 34.0 Å². The monoisotopic (exact) mass is 326 g/mol. The molecular formula is C22H34N2. The third-order valence-corrected chi connectivity index (χ3v) is 8.80. The molecule has 24 heavy (non-hydrogen) atoms. The number of hydrogen-bond acceptors (Lipinski definition) is 2. The molecule has 4 aliphatic rings. The summed E-state index contributed by atoms with van der Waals surface area (Å²) in [4.78, 5) is 0. The molecule has 0 bridgehead atoms. The minimum atomic E-state index is -0.0258. The average molecular weight is 327 g/mol. The average Bonchev–Trinajstić information content (AvgIpc) is 2.87. The van der Waals surface area contributed by atoms with E-state index in [1.54, 1.807) is 5.57 Å². The maximum absolute atomic E-state index is 8.28. The Hall–Kier alpha value is -0.890. The van der Waals surface area contributed by atoms with Gasteiger partial charge in [0, 0.05) is 17.2 Å². The minimum Gasteiger partial charge on any atom is -0.325 e. The summed E-state index contributed by atoms with van der Waals surface area (Å²) in [6.07, 6.45) is 12.0. The van der Waals surface area contributed by atoms with Gasteiger partial charge >= 0.3 is 0 Å². The number of nitrogens with two attached hydrogens (primary N) is 1. The molecule has 3 N–H and O–H groups in total. The van der Waals surface area contributed by atoms with Crippen molar-refractivity contribution in [3.8, 4) is 0 Å². The Labute approximate surface area is 147 Å². The van der Waals surface area contributed by atoms with Crippen LogP contribution in [-0.4, -0.2) is 11.3 Å². The van der Waals surface area contributed by atoms with E-state index in [0.29, 0.717) is 17.8 Å². The van der Waals surface area contributed by atoms with Gasteiger partial charge in [0.2, 0.25) is 0 Å². The van der Waals surface area contributed by atoms with Gasteiger partial charge in [0.05, 0.1) is 0 Å². The second-order valence-electron chi connectivity index (χ2n) is 9.82. The van der Waals surface area contributed by atoms with Crippen molar-refractivity contribution in [1.82, 2.24) is 0 Å². The number of nitrogens with one attached hydrogen (secondary N) is 1. The van der Waals surface area contributed by atoms with E-state index in [1.165, 1.54) is 37.7 Å². The summed E-state index contributed by atoms with van der Waals surface area (Å²) in [6.45, 7) is 11.2. The Bertz CT molecular complexity index is 632. The highest BCUT2D eigenvalue weighted by atomic mass is 14.9. The van der Waals surface area contributed by atoms with Crippen molar-refractivity contribution < 1.29 is 0 Å². The number of fused-ring (bicyclic) bond motifs is 5. The maximum atomic E-state index is 8.28. The van der Waals surface area contributed by atoms with Crippen LogP contribution in [0.15, 0.2) is 23.8 Å². The van der Waals surface area contributed by atoms with Crippen LogP contribution in [0.25, 0.3) is 0 Å². The van der Waals surface area contributed by atoms with Crippen molar-refractivity contribution in [2.75, 3.05) is 0 Å². The van der Waals surface area contributed by atoms with Crippen LogP contribution in [0.2, 0.25) is 0 Å². The van der Waals surface area contributed by atoms with Crippen molar-refractivity contribution in [2.24, 2.45) is 34.3 Å². The molecule has 6 unspecified atom stereocenters. The van der Waals surface area contributed by atoms with Crippen LogP contribution in [0.5, 0.6) is 0 Å². The van der Waals surface area contributed by atoms with E-state index in [2.05, 4.69) is 26.5 Å². The summed E-state index contributed by atoms with van der Waals surface area (Å²) >= 11 is 0. The maximum Gasteiger partial charge on any atom is 0.0228 e. The SMILES string of the molecule is C=C1C=C2CCC3(N)C(CCC4(C)C(C(C)=N)CCC43)C2(C)CC1. The molecular weight excluding hydrogens is 292 g/mol. The Morgan fingerprint density at radius 2 is 1.88 bits per heavy atom. The predicted molar refractivity (Wildman–Crippen MR) is 101 cm³/mol. The van der Waals surface area contributed by atoms with Crippen molar-refractivity contribution in [3.63, 3.8) is 0 Å². The lowest BCUT2D eigenvalue weighted by molar-refractivity contribution is -0.0624. The zero-order chi connectivity index (χ0) is 17.3. The summed E-state index contributed by atoms with van der Waals surface area (Å²) in [5.74, 6) is 1.67. The normalized spacial score (nSPS) is 50.6. The predicted octanol–water partition coefficient (Wildman–Crippen LogP) is 5.24. The molecule has 4 rings (SSSR count). The van der Waals surface area contributed by atoms with Crippen LogP contribution in [-0.2, 0) is 0 Å². The molecule has 0 saturated heterocycles. The molecule has 0 aromatic rings. The van der Waals surface area contributed by atoms with E-state index in [9.17, 15) is 0 Å². The molecule has 2 nitrogen and oxygen atoms in total. The molecule has 0 heterocycles. The van der Waals surface area contributed by atoms with Crippen LogP contribution >= 0.6 is 0 Å². The fraction of sp³-hybridized carbons (Fsp3) is 0.773. The van der Waals surface area contributed by atoms with E-state index in [0.717, 1.165) is 25.0 Å². The Morgan fingerprint density at radius 3 is 2.58 bits per heavy atom. The Balaban J connectivity index is 1.74. The third-order valence-electron chi connectivity index (χ3n) is 8.80. The van der Waals surface area contributed by atoms with Gasteiger partial charge in [-0.05, 0) is 81.0 Å². The third kappa shape index (κ3) is 1.95. The highest BCUT2D eigenvalue weighted by Gasteiger charge is 2.64. The standard InChI is InChI=1S/C22H34N2/c1-14-7-10-20(3)16(13-14)8-12-22(24)18-6-5-17(15(2)23)21(18,4)11-9-19(20)22/h13,17-19,23H,1,5-12,24H2,2-4H3. The molecule has 132 valence electrons. The van der Waals surface area contributed by atoms with Crippen molar-refractivity contribution in [1.29, 1.82) is 5.41 Å². The summed E-state index contributed by atoms with van der Waals surface area (Å²) in [5.41, 5.74) is 11.7. The summed E-state index contributed by atoms with van der Waals surface area (Å²) in [7, 11) is 0. The summed E-state index contributed by atoms with van der Waals surface area (Å²) in [6, 6.07) is 0. The fourth-order valence-electron chi connectivity index (χ4n) is 7.58. The van der Waals surface area contributed by atoms with E-state index < -0.39 is 0 Å². The van der Waals surface area contributed by atoms with Crippen molar-refractivity contribution >= 4 is 5.71 Å². The van der Waals surface area contributed by atoms with E-state index in [1.807, 2.05) is 6.92 Å². The van der Waals surface area contributed by atoms with Crippen LogP contribution in [0.4, 0.5) is 0 Å².